The van der Waals surface area contributed by atoms with E-state index >= 15 is 0 Å². The van der Waals surface area contributed by atoms with E-state index in [0.717, 1.165) is 22.5 Å². The lowest BCUT2D eigenvalue weighted by molar-refractivity contribution is -0.137. The van der Waals surface area contributed by atoms with E-state index in [-0.39, 0.29) is 11.8 Å². The number of aromatic amines is 1. The molecular formula is C25H27ClN4O3. The first kappa shape index (κ1) is 22.9. The molecule has 7 nitrogen and oxygen atoms in total. The monoisotopic (exact) mass is 466 g/mol. The normalized spacial score (nSPS) is 14.5. The average Bonchev–Trinajstić information content (AvgIpc) is 3.35. The number of morpholine rings is 1. The molecule has 33 heavy (non-hydrogen) atoms. The van der Waals surface area contributed by atoms with Gasteiger partial charge in [-0.25, -0.2) is 0 Å². The molecule has 2 amide bonds. The van der Waals surface area contributed by atoms with Crippen LogP contribution in [0.15, 0.2) is 60.7 Å². The molecule has 172 valence electrons. The van der Waals surface area contributed by atoms with Crippen molar-refractivity contribution >= 4 is 29.1 Å². The van der Waals surface area contributed by atoms with Crippen molar-refractivity contribution in [3.63, 3.8) is 0 Å². The van der Waals surface area contributed by atoms with E-state index in [1.54, 1.807) is 23.1 Å². The highest BCUT2D eigenvalue weighted by molar-refractivity contribution is 6.30. The highest BCUT2D eigenvalue weighted by atomic mass is 35.5. The standard InChI is InChI=1S/C25H27ClN4O3/c1-27-20-8-2-17(3-9-20)16-23(25(32)30-12-14-33-15-13-30)29-24(31)22-11-10-21(28-22)18-4-6-19(26)7-5-18/h2-11,23,27-28H,12-16H2,1H3,(H,29,31). The Hall–Kier alpha value is -3.29. The number of carbonyl (C=O) groups excluding carboxylic acids is 2. The van der Waals surface area contributed by atoms with Gasteiger partial charge in [0.1, 0.15) is 11.7 Å². The van der Waals surface area contributed by atoms with Crippen molar-refractivity contribution in [2.75, 3.05) is 38.7 Å². The van der Waals surface area contributed by atoms with Gasteiger partial charge in [-0.2, -0.15) is 0 Å². The number of anilines is 1. The molecule has 1 unspecified atom stereocenters. The first-order chi connectivity index (χ1) is 16.0. The summed E-state index contributed by atoms with van der Waals surface area (Å²) in [6.07, 6.45) is 0.399. The highest BCUT2D eigenvalue weighted by Gasteiger charge is 2.28. The van der Waals surface area contributed by atoms with Gasteiger partial charge in [0.15, 0.2) is 0 Å². The highest BCUT2D eigenvalue weighted by Crippen LogP contribution is 2.21. The molecule has 2 heterocycles. The Kier molecular flexibility index (Phi) is 7.32. The van der Waals surface area contributed by atoms with E-state index in [1.807, 2.05) is 49.5 Å². The van der Waals surface area contributed by atoms with Gasteiger partial charge in [-0.1, -0.05) is 35.9 Å². The lowest BCUT2D eigenvalue weighted by Crippen LogP contribution is -2.52. The number of hydrogen-bond acceptors (Lipinski definition) is 4. The summed E-state index contributed by atoms with van der Waals surface area (Å²) in [4.78, 5) is 31.2. The van der Waals surface area contributed by atoms with Gasteiger partial charge < -0.3 is 25.3 Å². The Morgan fingerprint density at radius 3 is 2.39 bits per heavy atom. The average molecular weight is 467 g/mol. The van der Waals surface area contributed by atoms with E-state index in [0.29, 0.717) is 43.4 Å². The molecule has 1 aliphatic heterocycles. The Labute approximate surface area is 198 Å². The number of amides is 2. The van der Waals surface area contributed by atoms with Gasteiger partial charge >= 0.3 is 0 Å². The summed E-state index contributed by atoms with van der Waals surface area (Å²) in [5.74, 6) is -0.428. The third-order valence-corrected chi connectivity index (χ3v) is 5.95. The van der Waals surface area contributed by atoms with E-state index in [2.05, 4.69) is 15.6 Å². The van der Waals surface area contributed by atoms with Crippen LogP contribution in [-0.4, -0.2) is 61.1 Å². The largest absolute Gasteiger partial charge is 0.388 e. The van der Waals surface area contributed by atoms with Gasteiger partial charge in [-0.05, 0) is 47.5 Å². The molecule has 0 radical (unpaired) electrons. The van der Waals surface area contributed by atoms with Gasteiger partial charge in [0, 0.05) is 43.0 Å². The summed E-state index contributed by atoms with van der Waals surface area (Å²) < 4.78 is 5.37. The lowest BCUT2D eigenvalue weighted by atomic mass is 10.0. The molecule has 0 spiro atoms. The van der Waals surface area contributed by atoms with Gasteiger partial charge in [0.05, 0.1) is 13.2 Å². The zero-order chi connectivity index (χ0) is 23.2. The van der Waals surface area contributed by atoms with Gasteiger partial charge in [-0.15, -0.1) is 0 Å². The van der Waals surface area contributed by atoms with Crippen LogP contribution in [0.3, 0.4) is 0 Å². The van der Waals surface area contributed by atoms with E-state index in [9.17, 15) is 9.59 Å². The molecule has 1 aromatic heterocycles. The van der Waals surface area contributed by atoms with Crippen LogP contribution in [0, 0.1) is 0 Å². The number of nitrogens with one attached hydrogen (secondary N) is 3. The van der Waals surface area contributed by atoms with Crippen LogP contribution in [0.25, 0.3) is 11.3 Å². The second kappa shape index (κ2) is 10.6. The molecule has 1 aliphatic rings. The van der Waals surface area contributed by atoms with Crippen molar-refractivity contribution in [1.29, 1.82) is 0 Å². The third-order valence-electron chi connectivity index (χ3n) is 5.69. The predicted octanol–water partition coefficient (Wildman–Crippen LogP) is 3.58. The zero-order valence-electron chi connectivity index (χ0n) is 18.4. The number of aromatic nitrogens is 1. The molecule has 1 atom stereocenters. The number of benzene rings is 2. The molecule has 8 heteroatoms. The van der Waals surface area contributed by atoms with Crippen molar-refractivity contribution < 1.29 is 14.3 Å². The smallest absolute Gasteiger partial charge is 0.268 e. The molecular weight excluding hydrogens is 440 g/mol. The Balaban J connectivity index is 1.51. The summed E-state index contributed by atoms with van der Waals surface area (Å²) in [6, 6.07) is 18.1. The molecule has 0 aliphatic carbocycles. The van der Waals surface area contributed by atoms with Crippen LogP contribution in [0.4, 0.5) is 5.69 Å². The Bertz CT molecular complexity index is 1090. The van der Waals surface area contributed by atoms with Crippen LogP contribution in [-0.2, 0) is 16.0 Å². The second-order valence-corrected chi connectivity index (χ2v) is 8.34. The number of rotatable bonds is 7. The maximum absolute atomic E-state index is 13.3. The molecule has 1 saturated heterocycles. The van der Waals surface area contributed by atoms with Gasteiger partial charge in [-0.3, -0.25) is 9.59 Å². The molecule has 0 bridgehead atoms. The van der Waals surface area contributed by atoms with Crippen LogP contribution in [0.1, 0.15) is 16.1 Å². The number of hydrogen-bond donors (Lipinski definition) is 3. The number of halogens is 1. The first-order valence-corrected chi connectivity index (χ1v) is 11.3. The van der Waals surface area contributed by atoms with E-state index in [1.165, 1.54) is 0 Å². The summed E-state index contributed by atoms with van der Waals surface area (Å²) in [5.41, 5.74) is 4.07. The SMILES string of the molecule is CNc1ccc(CC(NC(=O)c2ccc(-c3ccc(Cl)cc3)[nH]2)C(=O)N2CCOCC2)cc1. The topological polar surface area (TPSA) is 86.5 Å². The summed E-state index contributed by atoms with van der Waals surface area (Å²) >= 11 is 5.97. The number of H-pyrrole nitrogens is 1. The van der Waals surface area contributed by atoms with Gasteiger partial charge in [0.2, 0.25) is 5.91 Å². The van der Waals surface area contributed by atoms with Crippen LogP contribution in [0.5, 0.6) is 0 Å². The van der Waals surface area contributed by atoms with Crippen LogP contribution in [0.2, 0.25) is 5.02 Å². The maximum atomic E-state index is 13.3. The zero-order valence-corrected chi connectivity index (χ0v) is 19.2. The second-order valence-electron chi connectivity index (χ2n) is 7.91. The fourth-order valence-corrected chi connectivity index (χ4v) is 3.93. The summed E-state index contributed by atoms with van der Waals surface area (Å²) in [6.45, 7) is 2.05. The minimum absolute atomic E-state index is 0.103. The van der Waals surface area contributed by atoms with E-state index in [4.69, 9.17) is 16.3 Å². The summed E-state index contributed by atoms with van der Waals surface area (Å²) in [5, 5.41) is 6.68. The first-order valence-electron chi connectivity index (χ1n) is 10.9. The molecule has 0 saturated carbocycles. The Morgan fingerprint density at radius 1 is 1.03 bits per heavy atom. The van der Waals surface area contributed by atoms with E-state index < -0.39 is 6.04 Å². The number of ether oxygens (including phenoxy) is 1. The number of nitrogens with zero attached hydrogens (tertiary/aromatic N) is 1. The van der Waals surface area contributed by atoms with Crippen molar-refractivity contribution in [3.05, 3.63) is 76.9 Å². The summed E-state index contributed by atoms with van der Waals surface area (Å²) in [7, 11) is 1.86. The van der Waals surface area contributed by atoms with Crippen molar-refractivity contribution in [2.24, 2.45) is 0 Å². The molecule has 2 aromatic carbocycles. The Morgan fingerprint density at radius 2 is 1.73 bits per heavy atom. The van der Waals surface area contributed by atoms with Crippen molar-refractivity contribution in [2.45, 2.75) is 12.5 Å². The minimum atomic E-state index is -0.682. The van der Waals surface area contributed by atoms with Gasteiger partial charge in [0.25, 0.3) is 5.91 Å². The van der Waals surface area contributed by atoms with Crippen LogP contribution >= 0.6 is 11.6 Å². The van der Waals surface area contributed by atoms with Crippen LogP contribution < -0.4 is 10.6 Å². The molecule has 1 fully saturated rings. The van der Waals surface area contributed by atoms with Crippen molar-refractivity contribution in [1.82, 2.24) is 15.2 Å². The van der Waals surface area contributed by atoms with Crippen molar-refractivity contribution in [3.8, 4) is 11.3 Å². The number of carbonyl (C=O) groups is 2. The minimum Gasteiger partial charge on any atom is -0.388 e. The maximum Gasteiger partial charge on any atom is 0.268 e. The lowest BCUT2D eigenvalue weighted by Gasteiger charge is -2.30. The fourth-order valence-electron chi connectivity index (χ4n) is 3.81. The fraction of sp³-hybridized carbons (Fsp3) is 0.280. The predicted molar refractivity (Wildman–Crippen MR) is 130 cm³/mol. The quantitative estimate of drug-likeness (QED) is 0.496. The third kappa shape index (κ3) is 5.74. The molecule has 3 N–H and O–H groups in total. The molecule has 3 aromatic rings. The molecule has 4 rings (SSSR count).